The number of carbonyl (C=O) groups is 1. The molecule has 0 aliphatic heterocycles. The summed E-state index contributed by atoms with van der Waals surface area (Å²) in [4.78, 5) is 12.4. The van der Waals surface area contributed by atoms with Gasteiger partial charge < -0.3 is 10.1 Å². The normalized spacial score (nSPS) is 11.6. The molecule has 132 valence electrons. The SMILES string of the molecule is C[C@@H](NC(=O)c1ccc(COc2ccc(Cl)cc2)cc1)c1ccccc1. The van der Waals surface area contributed by atoms with Crippen molar-refractivity contribution in [3.05, 3.63) is 101 Å². The van der Waals surface area contributed by atoms with Gasteiger partial charge in [0.15, 0.2) is 0 Å². The first kappa shape index (κ1) is 18.0. The molecule has 0 aromatic heterocycles. The molecule has 4 heteroatoms. The van der Waals surface area contributed by atoms with Gasteiger partial charge in [-0.15, -0.1) is 0 Å². The van der Waals surface area contributed by atoms with Crippen LogP contribution in [0.25, 0.3) is 0 Å². The van der Waals surface area contributed by atoms with Crippen molar-refractivity contribution in [2.75, 3.05) is 0 Å². The lowest BCUT2D eigenvalue weighted by molar-refractivity contribution is 0.0940. The van der Waals surface area contributed by atoms with Crippen molar-refractivity contribution in [1.29, 1.82) is 0 Å². The van der Waals surface area contributed by atoms with E-state index in [9.17, 15) is 4.79 Å². The first-order valence-corrected chi connectivity index (χ1v) is 8.83. The van der Waals surface area contributed by atoms with E-state index >= 15 is 0 Å². The van der Waals surface area contributed by atoms with Crippen LogP contribution in [-0.2, 0) is 6.61 Å². The largest absolute Gasteiger partial charge is 0.489 e. The molecule has 0 aliphatic carbocycles. The minimum absolute atomic E-state index is 0.0448. The minimum atomic E-state index is -0.0912. The van der Waals surface area contributed by atoms with Crippen LogP contribution in [0.15, 0.2) is 78.9 Å². The fraction of sp³-hybridized carbons (Fsp3) is 0.136. The van der Waals surface area contributed by atoms with Crippen molar-refractivity contribution in [2.45, 2.75) is 19.6 Å². The monoisotopic (exact) mass is 365 g/mol. The second kappa shape index (κ2) is 8.54. The Morgan fingerprint density at radius 2 is 1.62 bits per heavy atom. The molecule has 3 rings (SSSR count). The van der Waals surface area contributed by atoms with E-state index in [-0.39, 0.29) is 11.9 Å². The summed E-state index contributed by atoms with van der Waals surface area (Å²) in [5.74, 6) is 0.666. The average molecular weight is 366 g/mol. The molecule has 0 heterocycles. The molecule has 0 saturated carbocycles. The van der Waals surface area contributed by atoms with Gasteiger partial charge in [0.1, 0.15) is 12.4 Å². The highest BCUT2D eigenvalue weighted by molar-refractivity contribution is 6.30. The van der Waals surface area contributed by atoms with E-state index in [0.29, 0.717) is 17.2 Å². The zero-order chi connectivity index (χ0) is 18.4. The summed E-state index contributed by atoms with van der Waals surface area (Å²) in [6, 6.07) is 24.5. The molecule has 0 aliphatic rings. The quantitative estimate of drug-likeness (QED) is 0.634. The molecule has 0 bridgehead atoms. The number of amides is 1. The summed E-state index contributed by atoms with van der Waals surface area (Å²) in [5.41, 5.74) is 2.70. The van der Waals surface area contributed by atoms with Crippen LogP contribution < -0.4 is 10.1 Å². The fourth-order valence-corrected chi connectivity index (χ4v) is 2.68. The van der Waals surface area contributed by atoms with E-state index in [1.807, 2.05) is 73.7 Å². The molecule has 0 unspecified atom stereocenters. The number of hydrogen-bond acceptors (Lipinski definition) is 2. The van der Waals surface area contributed by atoms with Crippen LogP contribution in [-0.4, -0.2) is 5.91 Å². The van der Waals surface area contributed by atoms with Crippen LogP contribution in [0.2, 0.25) is 5.02 Å². The number of rotatable bonds is 6. The molecular formula is C22H20ClNO2. The number of benzene rings is 3. The van der Waals surface area contributed by atoms with Crippen LogP contribution in [0.3, 0.4) is 0 Å². The van der Waals surface area contributed by atoms with Gasteiger partial charge in [0.25, 0.3) is 5.91 Å². The third-order valence-corrected chi connectivity index (χ3v) is 4.33. The third-order valence-electron chi connectivity index (χ3n) is 4.08. The summed E-state index contributed by atoms with van der Waals surface area (Å²) in [6.07, 6.45) is 0. The first-order valence-electron chi connectivity index (χ1n) is 8.45. The Balaban J connectivity index is 1.56. The second-order valence-electron chi connectivity index (χ2n) is 6.05. The first-order chi connectivity index (χ1) is 12.6. The Morgan fingerprint density at radius 1 is 0.962 bits per heavy atom. The molecule has 3 aromatic carbocycles. The van der Waals surface area contributed by atoms with Crippen LogP contribution >= 0.6 is 11.6 Å². The Bertz CT molecular complexity index is 846. The molecule has 1 N–H and O–H groups in total. The van der Waals surface area contributed by atoms with Gasteiger partial charge in [0, 0.05) is 10.6 Å². The summed E-state index contributed by atoms with van der Waals surface area (Å²) >= 11 is 5.86. The lowest BCUT2D eigenvalue weighted by Gasteiger charge is -2.14. The molecule has 1 atom stereocenters. The standard InChI is InChI=1S/C22H20ClNO2/c1-16(18-5-3-2-4-6-18)24-22(25)19-9-7-17(8-10-19)15-26-21-13-11-20(23)12-14-21/h2-14,16H,15H2,1H3,(H,24,25)/t16-/m1/s1. The molecule has 1 amide bonds. The molecule has 0 saturated heterocycles. The number of nitrogens with one attached hydrogen (secondary N) is 1. The Kier molecular flexibility index (Phi) is 5.92. The van der Waals surface area contributed by atoms with Crippen molar-refractivity contribution in [3.8, 4) is 5.75 Å². The van der Waals surface area contributed by atoms with Crippen molar-refractivity contribution in [3.63, 3.8) is 0 Å². The zero-order valence-electron chi connectivity index (χ0n) is 14.5. The number of ether oxygens (including phenoxy) is 1. The predicted molar refractivity (Wildman–Crippen MR) is 105 cm³/mol. The van der Waals surface area contributed by atoms with Gasteiger partial charge in [-0.3, -0.25) is 4.79 Å². The lowest BCUT2D eigenvalue weighted by Crippen LogP contribution is -2.26. The topological polar surface area (TPSA) is 38.3 Å². The molecule has 3 nitrogen and oxygen atoms in total. The van der Waals surface area contributed by atoms with Gasteiger partial charge in [-0.2, -0.15) is 0 Å². The minimum Gasteiger partial charge on any atom is -0.489 e. The van der Waals surface area contributed by atoms with Crippen molar-refractivity contribution >= 4 is 17.5 Å². The number of carbonyl (C=O) groups excluding carboxylic acids is 1. The smallest absolute Gasteiger partial charge is 0.251 e. The third kappa shape index (κ3) is 4.87. The van der Waals surface area contributed by atoms with Gasteiger partial charge in [-0.25, -0.2) is 0 Å². The molecule has 0 spiro atoms. The average Bonchev–Trinajstić information content (AvgIpc) is 2.68. The molecule has 26 heavy (non-hydrogen) atoms. The number of halogens is 1. The van der Waals surface area contributed by atoms with E-state index in [4.69, 9.17) is 16.3 Å². The summed E-state index contributed by atoms with van der Waals surface area (Å²) in [5, 5.41) is 3.69. The highest BCUT2D eigenvalue weighted by Gasteiger charge is 2.11. The zero-order valence-corrected chi connectivity index (χ0v) is 15.2. The van der Waals surface area contributed by atoms with E-state index in [2.05, 4.69) is 5.32 Å². The summed E-state index contributed by atoms with van der Waals surface area (Å²) in [6.45, 7) is 2.41. The maximum Gasteiger partial charge on any atom is 0.251 e. The maximum absolute atomic E-state index is 12.4. The molecule has 3 aromatic rings. The van der Waals surface area contributed by atoms with Crippen LogP contribution in [0, 0.1) is 0 Å². The molecule has 0 radical (unpaired) electrons. The highest BCUT2D eigenvalue weighted by atomic mass is 35.5. The fourth-order valence-electron chi connectivity index (χ4n) is 2.55. The van der Waals surface area contributed by atoms with E-state index in [0.717, 1.165) is 16.9 Å². The molecule has 0 fully saturated rings. The van der Waals surface area contributed by atoms with E-state index < -0.39 is 0 Å². The number of hydrogen-bond donors (Lipinski definition) is 1. The Labute approximate surface area is 158 Å². The van der Waals surface area contributed by atoms with Gasteiger partial charge >= 0.3 is 0 Å². The van der Waals surface area contributed by atoms with E-state index in [1.165, 1.54) is 0 Å². The van der Waals surface area contributed by atoms with Crippen LogP contribution in [0.5, 0.6) is 5.75 Å². The van der Waals surface area contributed by atoms with Crippen LogP contribution in [0.4, 0.5) is 0 Å². The lowest BCUT2D eigenvalue weighted by atomic mass is 10.1. The van der Waals surface area contributed by atoms with Crippen molar-refractivity contribution in [2.24, 2.45) is 0 Å². The second-order valence-corrected chi connectivity index (χ2v) is 6.48. The predicted octanol–water partition coefficient (Wildman–Crippen LogP) is 5.41. The summed E-state index contributed by atoms with van der Waals surface area (Å²) in [7, 11) is 0. The van der Waals surface area contributed by atoms with Gasteiger partial charge in [-0.05, 0) is 54.4 Å². The highest BCUT2D eigenvalue weighted by Crippen LogP contribution is 2.17. The van der Waals surface area contributed by atoms with Gasteiger partial charge in [0.05, 0.1) is 6.04 Å². The summed E-state index contributed by atoms with van der Waals surface area (Å²) < 4.78 is 5.71. The van der Waals surface area contributed by atoms with E-state index in [1.54, 1.807) is 12.1 Å². The van der Waals surface area contributed by atoms with Crippen LogP contribution in [0.1, 0.15) is 34.5 Å². The van der Waals surface area contributed by atoms with Gasteiger partial charge in [0.2, 0.25) is 0 Å². The van der Waals surface area contributed by atoms with Crippen molar-refractivity contribution < 1.29 is 9.53 Å². The molecular weight excluding hydrogens is 346 g/mol. The Morgan fingerprint density at radius 3 is 2.27 bits per heavy atom. The Hall–Kier alpha value is -2.78. The van der Waals surface area contributed by atoms with Crippen molar-refractivity contribution in [1.82, 2.24) is 5.32 Å². The van der Waals surface area contributed by atoms with Gasteiger partial charge in [-0.1, -0.05) is 54.1 Å². The maximum atomic E-state index is 12.4.